The molecule has 0 fully saturated rings. The highest BCUT2D eigenvalue weighted by molar-refractivity contribution is 6.57. The molecule has 0 saturated heterocycles. The summed E-state index contributed by atoms with van der Waals surface area (Å²) >= 11 is 0. The van der Waals surface area contributed by atoms with Crippen LogP contribution < -0.4 is 0 Å². The van der Waals surface area contributed by atoms with Gasteiger partial charge in [0, 0.05) is 0 Å². The third-order valence-electron chi connectivity index (χ3n) is 2.45. The molecule has 88 valence electrons. The molecular formula is C13H28BN. The number of nitrogens with zero attached hydrogens (tertiary/aromatic N) is 1. The zero-order valence-electron chi connectivity index (χ0n) is 11.3. The number of rotatable bonds is 7. The third kappa shape index (κ3) is 10.0. The molecule has 0 aliphatic carbocycles. The fraction of sp³-hybridized carbons (Fsp3) is 0.923. The summed E-state index contributed by atoms with van der Waals surface area (Å²) in [6, 6.07) is 0. The van der Waals surface area contributed by atoms with Crippen LogP contribution in [0.2, 0.25) is 12.6 Å². The lowest BCUT2D eigenvalue weighted by Crippen LogP contribution is -2.14. The van der Waals surface area contributed by atoms with Crippen molar-refractivity contribution < 1.29 is 0 Å². The molecule has 0 atom stereocenters. The lowest BCUT2D eigenvalue weighted by molar-refractivity contribution is 0.607. The van der Waals surface area contributed by atoms with E-state index in [-0.39, 0.29) is 5.41 Å². The number of unbranched alkanes of at least 4 members (excludes halogenated alkanes) is 2. The van der Waals surface area contributed by atoms with Crippen LogP contribution in [-0.2, 0) is 0 Å². The van der Waals surface area contributed by atoms with Crippen molar-refractivity contribution in [2.24, 2.45) is 10.3 Å². The van der Waals surface area contributed by atoms with E-state index in [1.54, 1.807) is 0 Å². The monoisotopic (exact) mass is 209 g/mol. The predicted octanol–water partition coefficient (Wildman–Crippen LogP) is 4.70. The smallest absolute Gasteiger partial charge is 0.278 e. The Balaban J connectivity index is 4.04. The Kier molecular flexibility index (Phi) is 7.81. The van der Waals surface area contributed by atoms with Crippen LogP contribution in [-0.4, -0.2) is 13.1 Å². The largest absolute Gasteiger partial charge is 0.352 e. The van der Waals surface area contributed by atoms with Gasteiger partial charge in [-0.05, 0) is 11.6 Å². The van der Waals surface area contributed by atoms with Gasteiger partial charge in [0.05, 0.1) is 0 Å². The average Bonchev–Trinajstić information content (AvgIpc) is 2.15. The van der Waals surface area contributed by atoms with Gasteiger partial charge in [-0.3, -0.25) is 0 Å². The summed E-state index contributed by atoms with van der Waals surface area (Å²) in [5, 5.41) is 0. The Bertz CT molecular complexity index is 162. The van der Waals surface area contributed by atoms with Crippen LogP contribution in [0.15, 0.2) is 4.90 Å². The van der Waals surface area contributed by atoms with E-state index < -0.39 is 0 Å². The highest BCUT2D eigenvalue weighted by Crippen LogP contribution is 2.14. The SMILES string of the molecule is CCCCB(CCCC)N=CC(C)(C)C. The van der Waals surface area contributed by atoms with Crippen molar-refractivity contribution >= 4 is 13.1 Å². The summed E-state index contributed by atoms with van der Waals surface area (Å²) in [7, 11) is 0. The molecule has 0 aromatic rings. The van der Waals surface area contributed by atoms with Crippen LogP contribution in [0.1, 0.15) is 60.3 Å². The molecule has 0 bridgehead atoms. The Hall–Kier alpha value is -0.265. The van der Waals surface area contributed by atoms with Gasteiger partial charge >= 0.3 is 0 Å². The summed E-state index contributed by atoms with van der Waals surface area (Å²) < 4.78 is 0. The van der Waals surface area contributed by atoms with Crippen LogP contribution in [0.4, 0.5) is 0 Å². The molecule has 0 amide bonds. The molecule has 0 saturated carbocycles. The van der Waals surface area contributed by atoms with Gasteiger partial charge in [-0.1, -0.05) is 72.9 Å². The van der Waals surface area contributed by atoms with Crippen LogP contribution >= 0.6 is 0 Å². The van der Waals surface area contributed by atoms with Crippen LogP contribution in [0.3, 0.4) is 0 Å². The molecule has 2 heteroatoms. The second-order valence-electron chi connectivity index (χ2n) is 5.58. The molecule has 0 heterocycles. The lowest BCUT2D eigenvalue weighted by Gasteiger charge is -2.13. The van der Waals surface area contributed by atoms with E-state index in [4.69, 9.17) is 4.90 Å². The maximum absolute atomic E-state index is 4.74. The van der Waals surface area contributed by atoms with Gasteiger partial charge in [-0.2, -0.15) is 0 Å². The quantitative estimate of drug-likeness (QED) is 0.426. The first-order chi connectivity index (χ1) is 6.99. The van der Waals surface area contributed by atoms with Crippen molar-refractivity contribution in [1.82, 2.24) is 0 Å². The molecule has 0 aliphatic rings. The Morgan fingerprint density at radius 3 is 1.80 bits per heavy atom. The molecule has 15 heavy (non-hydrogen) atoms. The van der Waals surface area contributed by atoms with Gasteiger partial charge in [0.1, 0.15) is 0 Å². The fourth-order valence-corrected chi connectivity index (χ4v) is 1.50. The van der Waals surface area contributed by atoms with Crippen molar-refractivity contribution in [3.05, 3.63) is 0 Å². The lowest BCUT2D eigenvalue weighted by atomic mass is 9.55. The molecule has 1 nitrogen and oxygen atoms in total. The van der Waals surface area contributed by atoms with E-state index in [2.05, 4.69) is 40.8 Å². The Morgan fingerprint density at radius 2 is 1.47 bits per heavy atom. The van der Waals surface area contributed by atoms with Crippen LogP contribution in [0, 0.1) is 5.41 Å². The van der Waals surface area contributed by atoms with Gasteiger partial charge < -0.3 is 4.90 Å². The summed E-state index contributed by atoms with van der Waals surface area (Å²) in [6.45, 7) is 11.7. The topological polar surface area (TPSA) is 12.4 Å². The molecule has 0 spiro atoms. The minimum atomic E-state index is 0.233. The molecule has 0 radical (unpaired) electrons. The molecule has 0 aromatic carbocycles. The summed E-state index contributed by atoms with van der Waals surface area (Å²) in [6.07, 6.45) is 9.88. The van der Waals surface area contributed by atoms with Gasteiger partial charge in [0.2, 0.25) is 0 Å². The summed E-state index contributed by atoms with van der Waals surface area (Å²) in [4.78, 5) is 4.74. The first kappa shape index (κ1) is 14.7. The summed E-state index contributed by atoms with van der Waals surface area (Å²) in [5.41, 5.74) is 0.233. The van der Waals surface area contributed by atoms with E-state index in [1.165, 1.54) is 38.3 Å². The first-order valence-electron chi connectivity index (χ1n) is 6.54. The van der Waals surface area contributed by atoms with E-state index in [0.29, 0.717) is 6.85 Å². The highest BCUT2D eigenvalue weighted by Gasteiger charge is 2.13. The van der Waals surface area contributed by atoms with Gasteiger partial charge in [-0.15, -0.1) is 0 Å². The van der Waals surface area contributed by atoms with Gasteiger partial charge in [-0.25, -0.2) is 0 Å². The van der Waals surface area contributed by atoms with Crippen molar-refractivity contribution in [3.8, 4) is 0 Å². The molecule has 0 unspecified atom stereocenters. The normalized spacial score (nSPS) is 12.3. The third-order valence-corrected chi connectivity index (χ3v) is 2.45. The Labute approximate surface area is 96.9 Å². The maximum Gasteiger partial charge on any atom is 0.278 e. The molecular weight excluding hydrogens is 181 g/mol. The highest BCUT2D eigenvalue weighted by atomic mass is 14.6. The number of hydrogen-bond acceptors (Lipinski definition) is 1. The second-order valence-corrected chi connectivity index (χ2v) is 5.58. The zero-order valence-corrected chi connectivity index (χ0v) is 11.3. The van der Waals surface area contributed by atoms with Gasteiger partial charge in [0.25, 0.3) is 6.85 Å². The van der Waals surface area contributed by atoms with Crippen LogP contribution in [0.25, 0.3) is 0 Å². The maximum atomic E-state index is 4.74. The average molecular weight is 209 g/mol. The van der Waals surface area contributed by atoms with Crippen LogP contribution in [0.5, 0.6) is 0 Å². The summed E-state index contributed by atoms with van der Waals surface area (Å²) in [5.74, 6) is 0. The Morgan fingerprint density at radius 1 is 1.00 bits per heavy atom. The standard InChI is InChI=1S/C13H28BN/c1-6-8-10-14(11-9-7-2)15-12-13(3,4)5/h12H,6-11H2,1-5H3. The van der Waals surface area contributed by atoms with E-state index >= 15 is 0 Å². The zero-order chi connectivity index (χ0) is 11.7. The molecule has 0 N–H and O–H groups in total. The molecule has 0 aromatic heterocycles. The van der Waals surface area contributed by atoms with Crippen molar-refractivity contribution in [3.63, 3.8) is 0 Å². The minimum absolute atomic E-state index is 0.233. The van der Waals surface area contributed by atoms with E-state index in [0.717, 1.165) is 0 Å². The van der Waals surface area contributed by atoms with Crippen molar-refractivity contribution in [2.45, 2.75) is 72.9 Å². The fourth-order valence-electron chi connectivity index (χ4n) is 1.50. The van der Waals surface area contributed by atoms with Crippen molar-refractivity contribution in [1.29, 1.82) is 0 Å². The van der Waals surface area contributed by atoms with E-state index in [1.807, 2.05) is 0 Å². The second kappa shape index (κ2) is 7.95. The van der Waals surface area contributed by atoms with E-state index in [9.17, 15) is 0 Å². The molecule has 0 aliphatic heterocycles. The molecule has 0 rings (SSSR count). The predicted molar refractivity (Wildman–Crippen MR) is 73.1 cm³/mol. The minimum Gasteiger partial charge on any atom is -0.352 e. The van der Waals surface area contributed by atoms with Crippen molar-refractivity contribution in [2.75, 3.05) is 0 Å². The number of hydrogen-bond donors (Lipinski definition) is 0. The van der Waals surface area contributed by atoms with Gasteiger partial charge in [0.15, 0.2) is 0 Å². The first-order valence-corrected chi connectivity index (χ1v) is 6.54.